The minimum atomic E-state index is -0.275. The molecule has 0 amide bonds. The van der Waals surface area contributed by atoms with Gasteiger partial charge in [-0.1, -0.05) is 13.8 Å². The first-order chi connectivity index (χ1) is 10.0. The second kappa shape index (κ2) is 23.9. The Morgan fingerprint density at radius 1 is 0.762 bits per heavy atom. The van der Waals surface area contributed by atoms with Gasteiger partial charge >= 0.3 is 11.9 Å². The Balaban J connectivity index is -0.000000297. The number of aliphatic hydroxyl groups is 2. The van der Waals surface area contributed by atoms with Crippen molar-refractivity contribution in [2.24, 2.45) is 0 Å². The van der Waals surface area contributed by atoms with E-state index in [1.807, 2.05) is 13.8 Å². The quantitative estimate of drug-likeness (QED) is 0.507. The lowest BCUT2D eigenvalue weighted by Crippen LogP contribution is -2.12. The van der Waals surface area contributed by atoms with Gasteiger partial charge in [-0.2, -0.15) is 0 Å². The van der Waals surface area contributed by atoms with Gasteiger partial charge in [-0.3, -0.25) is 9.59 Å². The smallest absolute Gasteiger partial charge is 0.305 e. The van der Waals surface area contributed by atoms with Crippen molar-refractivity contribution in [3.63, 3.8) is 0 Å². The number of carbonyl (C=O) groups excluding carboxylic acids is 2. The first-order valence-electron chi connectivity index (χ1n) is 7.14. The molecule has 21 heavy (non-hydrogen) atoms. The van der Waals surface area contributed by atoms with E-state index in [9.17, 15) is 9.59 Å². The van der Waals surface area contributed by atoms with Gasteiger partial charge in [-0.05, 0) is 13.8 Å². The van der Waals surface area contributed by atoms with Crippen molar-refractivity contribution in [3.8, 4) is 0 Å². The number of hydrogen-bond donors (Lipinski definition) is 2. The van der Waals surface area contributed by atoms with E-state index < -0.39 is 0 Å². The second-order valence-corrected chi connectivity index (χ2v) is 3.38. The number of rotatable bonds is 8. The number of aliphatic hydroxyl groups excluding tert-OH is 2. The van der Waals surface area contributed by atoms with Crippen molar-refractivity contribution in [3.05, 3.63) is 0 Å². The van der Waals surface area contributed by atoms with E-state index in [0.29, 0.717) is 12.8 Å². The predicted octanol–water partition coefficient (Wildman–Crippen LogP) is 0.907. The average Bonchev–Trinajstić information content (AvgIpc) is 2.52. The second-order valence-electron chi connectivity index (χ2n) is 3.38. The average molecular weight is 310 g/mol. The van der Waals surface area contributed by atoms with Gasteiger partial charge in [-0.25, -0.2) is 0 Å². The molecule has 0 rings (SSSR count). The Kier molecular flexibility index (Phi) is 28.2. The molecule has 0 saturated heterocycles. The summed E-state index contributed by atoms with van der Waals surface area (Å²) in [5.74, 6) is -0.551. The number of esters is 2. The summed E-state index contributed by atoms with van der Waals surface area (Å²) in [4.78, 5) is 21.1. The number of hydrogen-bond acceptors (Lipinski definition) is 7. The first-order valence-corrected chi connectivity index (χ1v) is 7.14. The summed E-state index contributed by atoms with van der Waals surface area (Å²) in [6.45, 7) is 9.14. The molecule has 0 aliphatic carbocycles. The molecule has 0 saturated carbocycles. The molecule has 0 unspecified atom stereocenters. The van der Waals surface area contributed by atoms with Crippen molar-refractivity contribution in [1.82, 2.24) is 0 Å². The Morgan fingerprint density at radius 3 is 1.24 bits per heavy atom. The topological polar surface area (TPSA) is 102 Å². The Hall–Kier alpha value is -1.18. The lowest BCUT2D eigenvalue weighted by molar-refractivity contribution is -0.151. The van der Waals surface area contributed by atoms with Crippen molar-refractivity contribution in [2.75, 3.05) is 39.6 Å². The highest BCUT2D eigenvalue weighted by Crippen LogP contribution is 1.87. The third-order valence-electron chi connectivity index (χ3n) is 1.70. The fraction of sp³-hybridized carbons (Fsp3) is 0.857. The van der Waals surface area contributed by atoms with Crippen LogP contribution in [0.2, 0.25) is 0 Å². The Bertz CT molecular complexity index is 197. The van der Waals surface area contributed by atoms with Crippen LogP contribution < -0.4 is 0 Å². The van der Waals surface area contributed by atoms with E-state index in [-0.39, 0.29) is 38.4 Å². The SMILES string of the molecule is CCC(=O)OCCOC(=O)CC.CCOCC.OCCO. The molecule has 0 aliphatic rings. The zero-order valence-corrected chi connectivity index (χ0v) is 13.6. The summed E-state index contributed by atoms with van der Waals surface area (Å²) in [6.07, 6.45) is 0.698. The van der Waals surface area contributed by atoms with Crippen molar-refractivity contribution in [1.29, 1.82) is 0 Å². The minimum absolute atomic E-state index is 0.125. The van der Waals surface area contributed by atoms with Crippen molar-refractivity contribution in [2.45, 2.75) is 40.5 Å². The molecule has 0 atom stereocenters. The summed E-state index contributed by atoms with van der Waals surface area (Å²) in [7, 11) is 0. The van der Waals surface area contributed by atoms with Crippen LogP contribution in [0.15, 0.2) is 0 Å². The largest absolute Gasteiger partial charge is 0.462 e. The molecule has 7 heteroatoms. The highest BCUT2D eigenvalue weighted by atomic mass is 16.6. The van der Waals surface area contributed by atoms with Crippen LogP contribution >= 0.6 is 0 Å². The van der Waals surface area contributed by atoms with E-state index in [2.05, 4.69) is 9.47 Å². The van der Waals surface area contributed by atoms with Crippen LogP contribution in [0.4, 0.5) is 0 Å². The molecule has 0 aliphatic heterocycles. The highest BCUT2D eigenvalue weighted by Gasteiger charge is 2.00. The van der Waals surface area contributed by atoms with E-state index >= 15 is 0 Å². The summed E-state index contributed by atoms with van der Waals surface area (Å²) in [6, 6.07) is 0. The molecule has 0 spiro atoms. The van der Waals surface area contributed by atoms with Gasteiger partial charge in [0.2, 0.25) is 0 Å². The van der Waals surface area contributed by atoms with E-state index in [1.54, 1.807) is 13.8 Å². The fourth-order valence-corrected chi connectivity index (χ4v) is 0.719. The number of ether oxygens (including phenoxy) is 3. The van der Waals surface area contributed by atoms with Crippen molar-refractivity contribution >= 4 is 11.9 Å². The molecule has 7 nitrogen and oxygen atoms in total. The van der Waals surface area contributed by atoms with Gasteiger partial charge in [0, 0.05) is 26.1 Å². The highest BCUT2D eigenvalue weighted by molar-refractivity contribution is 5.69. The monoisotopic (exact) mass is 310 g/mol. The van der Waals surface area contributed by atoms with Gasteiger partial charge in [0.05, 0.1) is 13.2 Å². The summed E-state index contributed by atoms with van der Waals surface area (Å²) in [5.41, 5.74) is 0. The van der Waals surface area contributed by atoms with E-state index in [1.165, 1.54) is 0 Å². The first kappa shape index (κ1) is 24.8. The molecule has 0 aromatic rings. The molecular weight excluding hydrogens is 280 g/mol. The molecule has 128 valence electrons. The maximum absolute atomic E-state index is 10.6. The van der Waals surface area contributed by atoms with Crippen LogP contribution in [0.5, 0.6) is 0 Å². The zero-order chi connectivity index (χ0) is 16.9. The van der Waals surface area contributed by atoms with Crippen LogP contribution in [-0.2, 0) is 23.8 Å². The molecule has 0 fully saturated rings. The maximum atomic E-state index is 10.6. The molecule has 2 N–H and O–H groups in total. The molecule has 0 aromatic heterocycles. The van der Waals surface area contributed by atoms with Gasteiger partial charge in [0.25, 0.3) is 0 Å². The minimum Gasteiger partial charge on any atom is -0.462 e. The predicted molar refractivity (Wildman–Crippen MR) is 78.8 cm³/mol. The lowest BCUT2D eigenvalue weighted by atomic mass is 10.5. The third-order valence-corrected chi connectivity index (χ3v) is 1.70. The Labute approximate surface area is 127 Å². The summed E-state index contributed by atoms with van der Waals surface area (Å²) in [5, 5.41) is 15.2. The Morgan fingerprint density at radius 2 is 1.10 bits per heavy atom. The fourth-order valence-electron chi connectivity index (χ4n) is 0.719. The molecule has 0 bridgehead atoms. The van der Waals surface area contributed by atoms with Gasteiger partial charge in [0.1, 0.15) is 13.2 Å². The van der Waals surface area contributed by atoms with Gasteiger partial charge in [0.15, 0.2) is 0 Å². The van der Waals surface area contributed by atoms with E-state index in [0.717, 1.165) is 13.2 Å². The maximum Gasteiger partial charge on any atom is 0.305 e. The van der Waals surface area contributed by atoms with Crippen LogP contribution in [-0.4, -0.2) is 61.8 Å². The molecular formula is C14H30O7. The molecule has 0 aromatic carbocycles. The van der Waals surface area contributed by atoms with Gasteiger partial charge < -0.3 is 24.4 Å². The van der Waals surface area contributed by atoms with Crippen LogP contribution in [0.3, 0.4) is 0 Å². The normalized spacial score (nSPS) is 8.67. The third kappa shape index (κ3) is 32.4. The van der Waals surface area contributed by atoms with Crippen LogP contribution in [0, 0.1) is 0 Å². The van der Waals surface area contributed by atoms with Crippen molar-refractivity contribution < 1.29 is 34.0 Å². The van der Waals surface area contributed by atoms with Gasteiger partial charge in [-0.15, -0.1) is 0 Å². The van der Waals surface area contributed by atoms with Crippen LogP contribution in [0.25, 0.3) is 0 Å². The van der Waals surface area contributed by atoms with E-state index in [4.69, 9.17) is 14.9 Å². The summed E-state index contributed by atoms with van der Waals surface area (Å²) >= 11 is 0. The molecule has 0 radical (unpaired) electrons. The molecule has 0 heterocycles. The lowest BCUT2D eigenvalue weighted by Gasteiger charge is -2.03. The number of carbonyl (C=O) groups is 2. The summed E-state index contributed by atoms with van der Waals surface area (Å²) < 4.78 is 14.2. The standard InChI is InChI=1S/C8H14O4.C4H10O.C2H6O2/c1-3-7(9)11-5-6-12-8(10)4-2;1-3-5-4-2;3-1-2-4/h3-6H2,1-2H3;3-4H2,1-2H3;3-4H,1-2H2. The van der Waals surface area contributed by atoms with Crippen LogP contribution in [0.1, 0.15) is 40.5 Å². The zero-order valence-electron chi connectivity index (χ0n) is 13.6.